The molecular weight excluding hydrogens is 189 g/mol. The van der Waals surface area contributed by atoms with Gasteiger partial charge in [0, 0.05) is 0 Å². The molecule has 0 N–H and O–H groups in total. The van der Waals surface area contributed by atoms with E-state index in [0.717, 1.165) is 0 Å². The van der Waals surface area contributed by atoms with Crippen molar-refractivity contribution in [3.05, 3.63) is 0 Å². The van der Waals surface area contributed by atoms with E-state index < -0.39 is 0 Å². The van der Waals surface area contributed by atoms with Gasteiger partial charge in [0.2, 0.25) is 0 Å². The minimum Gasteiger partial charge on any atom is -0.270 e. The maximum atomic E-state index is 2.72. The number of hydrogen-bond acceptors (Lipinski definition) is 4. The van der Waals surface area contributed by atoms with Crippen molar-refractivity contribution in [3.8, 4) is 0 Å². The summed E-state index contributed by atoms with van der Waals surface area (Å²) in [6.45, 7) is 0. The maximum Gasteiger partial charge on any atom is 0.183 e. The molecule has 0 aromatic carbocycles. The second-order valence-corrected chi connectivity index (χ2v) is 4.87. The van der Waals surface area contributed by atoms with E-state index >= 15 is 0 Å². The van der Waals surface area contributed by atoms with Gasteiger partial charge in [0.05, 0.1) is 0 Å². The fourth-order valence-electron chi connectivity index (χ4n) is 1.52. The highest BCUT2D eigenvalue weighted by Crippen LogP contribution is 2.36. The lowest BCUT2D eigenvalue weighted by atomic mass is 10.5. The second-order valence-electron chi connectivity index (χ2n) is 3.37. The molecule has 0 saturated carbocycles. The molecule has 74 valence electrons. The van der Waals surface area contributed by atoms with Crippen LogP contribution < -0.4 is 0 Å². The Morgan fingerprint density at radius 1 is 0.833 bits per heavy atom. The predicted octanol–water partition coefficient (Wildman–Crippen LogP) is 0.806. The topological polar surface area (TPSA) is 9.72 Å². The Kier molecular flexibility index (Phi) is 5.04. The smallest absolute Gasteiger partial charge is 0.183 e. The van der Waals surface area contributed by atoms with Gasteiger partial charge in [0.25, 0.3) is 0 Å². The van der Waals surface area contributed by atoms with Crippen LogP contribution in [0.3, 0.4) is 0 Å². The Labute approximate surface area is 82.4 Å². The van der Waals surface area contributed by atoms with Crippen LogP contribution in [0, 0.1) is 0 Å². The van der Waals surface area contributed by atoms with E-state index in [1.165, 1.54) is 0 Å². The first-order valence-corrected chi connectivity index (χ1v) is 6.09. The average molecular weight is 209 g/mol. The Morgan fingerprint density at radius 3 is 1.08 bits per heavy atom. The monoisotopic (exact) mass is 209 g/mol. The molecule has 0 aromatic rings. The summed E-state index contributed by atoms with van der Waals surface area (Å²) in [6.07, 6.45) is 0. The molecule has 0 rings (SSSR count). The van der Waals surface area contributed by atoms with E-state index in [4.69, 9.17) is 0 Å². The summed E-state index contributed by atoms with van der Waals surface area (Å²) in [5.41, 5.74) is 0. The van der Waals surface area contributed by atoms with Crippen LogP contribution in [0.1, 0.15) is 0 Å². The van der Waals surface area contributed by atoms with E-state index in [9.17, 15) is 0 Å². The van der Waals surface area contributed by atoms with Crippen molar-refractivity contribution in [1.29, 1.82) is 0 Å². The van der Waals surface area contributed by atoms with Gasteiger partial charge >= 0.3 is 0 Å². The molecule has 0 aliphatic rings. The van der Waals surface area contributed by atoms with Gasteiger partial charge in [-0.1, -0.05) is 19.8 Å². The maximum absolute atomic E-state index is 2.72. The van der Waals surface area contributed by atoms with E-state index in [1.54, 1.807) is 11.4 Å². The molecule has 1 unspecified atom stereocenters. The van der Waals surface area contributed by atoms with Gasteiger partial charge in [0.15, 0.2) is 5.12 Å². The summed E-state index contributed by atoms with van der Waals surface area (Å²) in [7, 11) is 15.2. The molecule has 0 radical (unpaired) electrons. The van der Waals surface area contributed by atoms with Crippen LogP contribution in [0.5, 0.6) is 0 Å². The molecule has 3 nitrogen and oxygen atoms in total. The highest BCUT2D eigenvalue weighted by atomic mass is 32.7. The van der Waals surface area contributed by atoms with Crippen LogP contribution >= 0.6 is 19.8 Å². The fourth-order valence-corrected chi connectivity index (χ4v) is 4.05. The summed E-state index contributed by atoms with van der Waals surface area (Å²) >= 11 is 1.74. The first kappa shape index (κ1) is 12.7. The molecule has 0 aliphatic carbocycles. The van der Waals surface area contributed by atoms with Crippen molar-refractivity contribution >= 4 is 19.8 Å². The zero-order chi connectivity index (χ0) is 9.94. The molecule has 0 bridgehead atoms. The summed E-state index contributed by atoms with van der Waals surface area (Å²) in [5, 5.41) is -0.0787. The molecule has 12 heavy (non-hydrogen) atoms. The van der Waals surface area contributed by atoms with Crippen molar-refractivity contribution in [2.75, 3.05) is 42.3 Å². The lowest BCUT2D eigenvalue weighted by Crippen LogP contribution is -2.60. The molecule has 0 aromatic heterocycles. The normalized spacial score (nSPS) is 13.5. The van der Waals surface area contributed by atoms with Crippen LogP contribution in [0.4, 0.5) is 0 Å². The zero-order valence-electron chi connectivity index (χ0n) is 8.83. The van der Waals surface area contributed by atoms with E-state index in [2.05, 4.69) is 65.4 Å². The van der Waals surface area contributed by atoms with Gasteiger partial charge in [-0.3, -0.25) is 14.7 Å². The Balaban J connectivity index is 4.77. The largest absolute Gasteiger partial charge is 0.270 e. The number of rotatable bonds is 4. The summed E-state index contributed by atoms with van der Waals surface area (Å²) < 4.78 is 0. The van der Waals surface area contributed by atoms with Crippen LogP contribution in [0.15, 0.2) is 0 Å². The highest BCUT2D eigenvalue weighted by Gasteiger charge is 2.36. The molecular formula is C7H20N3PS. The van der Waals surface area contributed by atoms with E-state index in [1.807, 2.05) is 0 Å². The Hall–Kier alpha value is 0.660. The van der Waals surface area contributed by atoms with Crippen LogP contribution in [0.25, 0.3) is 0 Å². The molecule has 0 heterocycles. The molecule has 0 aliphatic heterocycles. The zero-order valence-corrected chi connectivity index (χ0v) is 10.8. The van der Waals surface area contributed by atoms with Crippen LogP contribution in [-0.2, 0) is 0 Å². The number of hydrogen-bond donors (Lipinski definition) is 0. The average Bonchev–Trinajstić information content (AvgIpc) is 1.86. The van der Waals surface area contributed by atoms with Crippen molar-refractivity contribution < 1.29 is 0 Å². The van der Waals surface area contributed by atoms with Gasteiger partial charge in [0.1, 0.15) is 0 Å². The second kappa shape index (κ2) is 4.77. The minimum absolute atomic E-state index is 0.0787. The van der Waals surface area contributed by atoms with Crippen molar-refractivity contribution in [1.82, 2.24) is 14.7 Å². The van der Waals surface area contributed by atoms with Gasteiger partial charge in [-0.2, -0.15) is 0 Å². The van der Waals surface area contributed by atoms with Crippen molar-refractivity contribution in [3.63, 3.8) is 0 Å². The van der Waals surface area contributed by atoms with Crippen molar-refractivity contribution in [2.24, 2.45) is 0 Å². The Bertz CT molecular complexity index is 117. The molecule has 0 spiro atoms. The van der Waals surface area contributed by atoms with Gasteiger partial charge in [-0.25, -0.2) is 0 Å². The molecule has 0 amide bonds. The summed E-state index contributed by atoms with van der Waals surface area (Å²) in [5.74, 6) is 0. The third-order valence-corrected chi connectivity index (χ3v) is 4.27. The van der Waals surface area contributed by atoms with E-state index in [0.29, 0.717) is 0 Å². The highest BCUT2D eigenvalue weighted by molar-refractivity contribution is 8.44. The van der Waals surface area contributed by atoms with Crippen LogP contribution in [-0.4, -0.2) is 62.1 Å². The van der Waals surface area contributed by atoms with Gasteiger partial charge in [-0.15, -0.1) is 0 Å². The lowest BCUT2D eigenvalue weighted by molar-refractivity contribution is -0.0238. The molecule has 1 atom stereocenters. The van der Waals surface area contributed by atoms with Crippen LogP contribution in [0.2, 0.25) is 0 Å². The quantitative estimate of drug-likeness (QED) is 0.500. The standard InChI is InChI=1S/C7H20N3PS/c1-8(2)7(12-11,9(3)4)10(5)6/h11H2,1-6H3. The minimum atomic E-state index is -0.0787. The van der Waals surface area contributed by atoms with Crippen molar-refractivity contribution in [2.45, 2.75) is 5.12 Å². The molecule has 0 saturated heterocycles. The lowest BCUT2D eigenvalue weighted by Gasteiger charge is -2.47. The summed E-state index contributed by atoms with van der Waals surface area (Å²) in [4.78, 5) is 6.56. The molecule has 5 heteroatoms. The predicted molar refractivity (Wildman–Crippen MR) is 61.1 cm³/mol. The third-order valence-electron chi connectivity index (χ3n) is 1.91. The first-order chi connectivity index (χ1) is 5.39. The number of nitrogens with zero attached hydrogens (tertiary/aromatic N) is 3. The molecule has 0 fully saturated rings. The van der Waals surface area contributed by atoms with Gasteiger partial charge in [-0.05, 0) is 42.3 Å². The van der Waals surface area contributed by atoms with Gasteiger partial charge < -0.3 is 0 Å². The fraction of sp³-hybridized carbons (Fsp3) is 1.00. The summed E-state index contributed by atoms with van der Waals surface area (Å²) in [6, 6.07) is 0. The SMILES string of the molecule is CN(C)C(SP)(N(C)C)N(C)C. The third kappa shape index (κ3) is 2.12. The van der Waals surface area contributed by atoms with E-state index in [-0.39, 0.29) is 5.12 Å². The Morgan fingerprint density at radius 2 is 1.08 bits per heavy atom. The first-order valence-electron chi connectivity index (χ1n) is 3.79.